The van der Waals surface area contributed by atoms with Gasteiger partial charge >= 0.3 is 0 Å². The molecule has 2 aromatic carbocycles. The van der Waals surface area contributed by atoms with Gasteiger partial charge < -0.3 is 34.0 Å². The van der Waals surface area contributed by atoms with Gasteiger partial charge in [-0.15, -0.1) is 0 Å². The van der Waals surface area contributed by atoms with E-state index in [0.717, 1.165) is 17.4 Å². The summed E-state index contributed by atoms with van der Waals surface area (Å²) in [5.74, 6) is -1.71. The van der Waals surface area contributed by atoms with Gasteiger partial charge in [0, 0.05) is 49.9 Å². The summed E-state index contributed by atoms with van der Waals surface area (Å²) >= 11 is 0. The van der Waals surface area contributed by atoms with Gasteiger partial charge in [0.2, 0.25) is 11.2 Å². The third-order valence-electron chi connectivity index (χ3n) is 8.92. The summed E-state index contributed by atoms with van der Waals surface area (Å²) in [7, 11) is 2.87. The Bertz CT molecular complexity index is 1760. The highest BCUT2D eigenvalue weighted by Crippen LogP contribution is 2.47. The molecule has 1 spiro atoms. The molecule has 6 rings (SSSR count). The fourth-order valence-electron chi connectivity index (χ4n) is 6.42. The van der Waals surface area contributed by atoms with Gasteiger partial charge in [-0.1, -0.05) is 23.4 Å². The molecule has 13 heteroatoms. The molecule has 3 aliphatic heterocycles. The Morgan fingerprint density at radius 2 is 1.89 bits per heavy atom. The van der Waals surface area contributed by atoms with Crippen molar-refractivity contribution in [3.8, 4) is 11.5 Å². The van der Waals surface area contributed by atoms with Gasteiger partial charge in [-0.3, -0.25) is 14.4 Å². The molecule has 1 N–H and O–H groups in total. The Morgan fingerprint density at radius 3 is 2.58 bits per heavy atom. The second-order valence-corrected chi connectivity index (χ2v) is 11.4. The fraction of sp³-hybridized carbons (Fsp3) is 0.375. The second-order valence-electron chi connectivity index (χ2n) is 11.4. The first-order valence-electron chi connectivity index (χ1n) is 14.6. The number of halogens is 2. The zero-order chi connectivity index (χ0) is 32.0. The third-order valence-corrected chi connectivity index (χ3v) is 8.92. The number of carbonyl (C=O) groups excluding carboxylic acids is 2. The van der Waals surface area contributed by atoms with Crippen LogP contribution < -0.4 is 20.2 Å². The number of fused-ring (bicyclic) bond motifs is 5. The molecule has 0 saturated carbocycles. The van der Waals surface area contributed by atoms with Crippen molar-refractivity contribution in [2.45, 2.75) is 57.6 Å². The van der Waals surface area contributed by atoms with Gasteiger partial charge in [0.1, 0.15) is 34.8 Å². The largest absolute Gasteiger partial charge is 0.497 e. The average Bonchev–Trinajstić information content (AvgIpc) is 3.27. The van der Waals surface area contributed by atoms with Crippen LogP contribution >= 0.6 is 0 Å². The monoisotopic (exact) mass is 621 g/mol. The van der Waals surface area contributed by atoms with Crippen molar-refractivity contribution in [3.05, 3.63) is 92.9 Å². The number of ether oxygens (including phenoxy) is 2. The van der Waals surface area contributed by atoms with Crippen LogP contribution in [-0.4, -0.2) is 64.5 Å². The molecule has 1 aromatic heterocycles. The molecule has 2 bridgehead atoms. The molecule has 0 radical (unpaired) electrons. The first kappa shape index (κ1) is 30.1. The van der Waals surface area contributed by atoms with E-state index >= 15 is 0 Å². The van der Waals surface area contributed by atoms with E-state index in [2.05, 4.69) is 15.4 Å². The van der Waals surface area contributed by atoms with Gasteiger partial charge in [-0.2, -0.15) is 0 Å². The molecule has 4 heterocycles. The summed E-state index contributed by atoms with van der Waals surface area (Å²) in [6.07, 6.45) is 2.41. The van der Waals surface area contributed by atoms with Gasteiger partial charge in [0.15, 0.2) is 11.4 Å². The molecule has 1 saturated heterocycles. The number of methoxy groups -OCH3 is 2. The van der Waals surface area contributed by atoms with Crippen molar-refractivity contribution in [1.29, 1.82) is 0 Å². The maximum Gasteiger partial charge on any atom is 0.274 e. The molecular weight excluding hydrogens is 588 g/mol. The predicted octanol–water partition coefficient (Wildman–Crippen LogP) is 3.82. The highest BCUT2D eigenvalue weighted by atomic mass is 19.1. The number of nitrogens with one attached hydrogen (secondary N) is 1. The van der Waals surface area contributed by atoms with Crippen molar-refractivity contribution >= 4 is 17.6 Å². The van der Waals surface area contributed by atoms with E-state index in [1.807, 2.05) is 38.1 Å². The van der Waals surface area contributed by atoms with E-state index in [9.17, 15) is 23.2 Å². The number of benzene rings is 2. The number of hydrogen-bond donors (Lipinski definition) is 1. The summed E-state index contributed by atoms with van der Waals surface area (Å²) in [4.78, 5) is 51.0. The van der Waals surface area contributed by atoms with Crippen molar-refractivity contribution < 1.29 is 32.7 Å². The average molecular weight is 622 g/mol. The number of oxime groups is 1. The van der Waals surface area contributed by atoms with Gasteiger partial charge in [-0.25, -0.2) is 8.78 Å². The standard InChI is InChI=1S/C32H33F2N5O6/c1-18-11-12-32(39(19(2)36-45-32)15-20-5-9-23(43-3)10-6-20)26-17-37(18)31(42)27-29(44-4)28(40)24(16-38(26)27)30(41)35-14-21-7-8-22(33)13-25(21)34/h5-10,13,16,18,26H,11-12,14-15,17H2,1-4H3,(H,35,41)/t18-,26?,32+/m0/s1. The maximum atomic E-state index is 14.3. The number of nitrogens with zero attached hydrogens (tertiary/aromatic N) is 4. The van der Waals surface area contributed by atoms with Crippen LogP contribution in [0.1, 0.15) is 64.7 Å². The Kier molecular flexibility index (Phi) is 7.71. The van der Waals surface area contributed by atoms with Crippen LogP contribution in [0.15, 0.2) is 58.6 Å². The molecular formula is C32H33F2N5O6. The lowest BCUT2D eigenvalue weighted by Crippen LogP contribution is -2.58. The van der Waals surface area contributed by atoms with Crippen LogP contribution in [-0.2, 0) is 17.9 Å². The lowest BCUT2D eigenvalue weighted by atomic mass is 9.93. The zero-order valence-corrected chi connectivity index (χ0v) is 25.3. The minimum atomic E-state index is -1.08. The molecule has 3 aliphatic rings. The summed E-state index contributed by atoms with van der Waals surface area (Å²) in [6.45, 7) is 4.15. The van der Waals surface area contributed by atoms with E-state index in [-0.39, 0.29) is 41.7 Å². The Labute approximate surface area is 258 Å². The Hall–Kier alpha value is -4.94. The molecule has 1 fully saturated rings. The number of rotatable bonds is 7. The number of pyridine rings is 1. The third kappa shape index (κ3) is 5.05. The molecule has 11 nitrogen and oxygen atoms in total. The molecule has 2 amide bonds. The van der Waals surface area contributed by atoms with Crippen molar-refractivity contribution in [2.24, 2.45) is 5.16 Å². The Balaban J connectivity index is 1.43. The normalized spacial score (nSPS) is 22.0. The Morgan fingerprint density at radius 1 is 1.13 bits per heavy atom. The van der Waals surface area contributed by atoms with Gasteiger partial charge in [0.25, 0.3) is 11.8 Å². The zero-order valence-electron chi connectivity index (χ0n) is 25.3. The summed E-state index contributed by atoms with van der Waals surface area (Å²) < 4.78 is 40.0. The van der Waals surface area contributed by atoms with Crippen LogP contribution in [0.3, 0.4) is 0 Å². The van der Waals surface area contributed by atoms with Crippen molar-refractivity contribution in [2.75, 3.05) is 20.8 Å². The summed E-state index contributed by atoms with van der Waals surface area (Å²) in [5, 5.41) is 6.93. The van der Waals surface area contributed by atoms with Crippen LogP contribution in [0, 0.1) is 11.6 Å². The predicted molar refractivity (Wildman–Crippen MR) is 159 cm³/mol. The first-order valence-corrected chi connectivity index (χ1v) is 14.6. The molecule has 236 valence electrons. The summed E-state index contributed by atoms with van der Waals surface area (Å²) in [5.41, 5.74) is -1.14. The van der Waals surface area contributed by atoms with Crippen LogP contribution in [0.5, 0.6) is 11.5 Å². The van der Waals surface area contributed by atoms with Crippen LogP contribution in [0.25, 0.3) is 0 Å². The number of aromatic nitrogens is 1. The molecule has 0 aliphatic carbocycles. The first-order chi connectivity index (χ1) is 21.6. The minimum absolute atomic E-state index is 0.00514. The number of amides is 2. The molecule has 3 atom stereocenters. The second kappa shape index (κ2) is 11.5. The van der Waals surface area contributed by atoms with Crippen molar-refractivity contribution in [3.63, 3.8) is 0 Å². The van der Waals surface area contributed by atoms with E-state index in [4.69, 9.17) is 14.3 Å². The van der Waals surface area contributed by atoms with E-state index in [0.29, 0.717) is 31.3 Å². The minimum Gasteiger partial charge on any atom is -0.497 e. The fourth-order valence-corrected chi connectivity index (χ4v) is 6.42. The van der Waals surface area contributed by atoms with E-state index < -0.39 is 40.6 Å². The topological polar surface area (TPSA) is 115 Å². The quantitative estimate of drug-likeness (QED) is 0.427. The van der Waals surface area contributed by atoms with E-state index in [1.165, 1.54) is 19.4 Å². The highest BCUT2D eigenvalue weighted by molar-refractivity contribution is 5.99. The SMILES string of the molecule is COc1ccc(CN2C(C)=NO[C@@]23CC[C@H](C)N2CC3n3cc(C(=O)NCc4ccc(F)cc4F)c(=O)c(OC)c3C2=O)cc1. The molecule has 1 unspecified atom stereocenters. The van der Waals surface area contributed by atoms with Gasteiger partial charge in [-0.05, 0) is 44.0 Å². The van der Waals surface area contributed by atoms with Crippen LogP contribution in [0.4, 0.5) is 8.78 Å². The lowest BCUT2D eigenvalue weighted by Gasteiger charge is -2.45. The smallest absolute Gasteiger partial charge is 0.274 e. The highest BCUT2D eigenvalue weighted by Gasteiger charge is 2.57. The molecule has 45 heavy (non-hydrogen) atoms. The van der Waals surface area contributed by atoms with Crippen LogP contribution in [0.2, 0.25) is 0 Å². The summed E-state index contributed by atoms with van der Waals surface area (Å²) in [6, 6.07) is 9.86. The lowest BCUT2D eigenvalue weighted by molar-refractivity contribution is -0.142. The molecule has 3 aromatic rings. The van der Waals surface area contributed by atoms with Gasteiger partial charge in [0.05, 0.1) is 14.2 Å². The van der Waals surface area contributed by atoms with Crippen molar-refractivity contribution in [1.82, 2.24) is 19.7 Å². The number of hydrogen-bond acceptors (Lipinski definition) is 8. The van der Waals surface area contributed by atoms with E-state index in [1.54, 1.807) is 16.6 Å². The number of carbonyl (C=O) groups is 2. The maximum absolute atomic E-state index is 14.3. The number of amidine groups is 1.